The summed E-state index contributed by atoms with van der Waals surface area (Å²) in [5, 5.41) is 12.5. The molecule has 0 aliphatic heterocycles. The summed E-state index contributed by atoms with van der Waals surface area (Å²) in [5.41, 5.74) is 2.05. The number of hydrogen-bond donors (Lipinski definition) is 2. The minimum atomic E-state index is -0.0774. The Kier molecular flexibility index (Phi) is 4.03. The van der Waals surface area contributed by atoms with E-state index in [1.54, 1.807) is 6.07 Å². The molecule has 2 nitrogen and oxygen atoms in total. The number of nitrogens with one attached hydrogen (secondary N) is 1. The number of halogens is 1. The van der Waals surface area contributed by atoms with E-state index in [4.69, 9.17) is 5.11 Å². The summed E-state index contributed by atoms with van der Waals surface area (Å²) < 4.78 is 13.6. The van der Waals surface area contributed by atoms with Crippen LogP contribution in [0.4, 0.5) is 4.39 Å². The van der Waals surface area contributed by atoms with Crippen LogP contribution >= 0.6 is 0 Å². The third-order valence-corrected chi connectivity index (χ3v) is 3.83. The lowest BCUT2D eigenvalue weighted by atomic mass is 9.89. The van der Waals surface area contributed by atoms with Crippen LogP contribution < -0.4 is 5.32 Å². The molecular weight excluding hydrogens is 229 g/mol. The highest BCUT2D eigenvalue weighted by molar-refractivity contribution is 5.35. The molecule has 1 unspecified atom stereocenters. The molecule has 1 aliphatic rings. The topological polar surface area (TPSA) is 32.3 Å². The van der Waals surface area contributed by atoms with Gasteiger partial charge in [0.25, 0.3) is 0 Å². The Balaban J connectivity index is 2.00. The van der Waals surface area contributed by atoms with Crippen LogP contribution in [0.25, 0.3) is 0 Å². The summed E-state index contributed by atoms with van der Waals surface area (Å²) in [6.07, 6.45) is 2.56. The monoisotopic (exact) mass is 251 g/mol. The molecule has 1 aromatic carbocycles. The van der Waals surface area contributed by atoms with Crippen molar-refractivity contribution in [3.05, 3.63) is 35.1 Å². The summed E-state index contributed by atoms with van der Waals surface area (Å²) >= 11 is 0. The van der Waals surface area contributed by atoms with Crippen molar-refractivity contribution in [1.29, 1.82) is 0 Å². The molecule has 1 atom stereocenters. The van der Waals surface area contributed by atoms with Crippen molar-refractivity contribution in [3.63, 3.8) is 0 Å². The molecule has 18 heavy (non-hydrogen) atoms. The molecule has 3 heteroatoms. The van der Waals surface area contributed by atoms with Gasteiger partial charge in [0.2, 0.25) is 0 Å². The summed E-state index contributed by atoms with van der Waals surface area (Å²) in [7, 11) is 0. The fourth-order valence-electron chi connectivity index (χ4n) is 2.61. The van der Waals surface area contributed by atoms with E-state index >= 15 is 0 Å². The molecule has 0 amide bonds. The lowest BCUT2D eigenvalue weighted by Crippen LogP contribution is -2.32. The largest absolute Gasteiger partial charge is 0.396 e. The number of aliphatic hydroxyl groups is 1. The fourth-order valence-corrected chi connectivity index (χ4v) is 2.61. The van der Waals surface area contributed by atoms with Gasteiger partial charge in [0, 0.05) is 19.2 Å². The molecule has 1 aromatic rings. The Morgan fingerprint density at radius 3 is 2.94 bits per heavy atom. The maximum absolute atomic E-state index is 13.6. The van der Waals surface area contributed by atoms with Crippen LogP contribution in [-0.4, -0.2) is 18.3 Å². The average molecular weight is 251 g/mol. The van der Waals surface area contributed by atoms with Gasteiger partial charge in [-0.2, -0.15) is 0 Å². The highest BCUT2D eigenvalue weighted by atomic mass is 19.1. The number of benzene rings is 1. The summed E-state index contributed by atoms with van der Waals surface area (Å²) in [6, 6.07) is 5.60. The van der Waals surface area contributed by atoms with E-state index in [9.17, 15) is 4.39 Å². The lowest BCUT2D eigenvalue weighted by molar-refractivity contribution is 0.202. The predicted octanol–water partition coefficient (Wildman–Crippen LogP) is 2.81. The zero-order chi connectivity index (χ0) is 13.2. The maximum atomic E-state index is 13.6. The third-order valence-electron chi connectivity index (χ3n) is 3.83. The van der Waals surface area contributed by atoms with Gasteiger partial charge in [0.05, 0.1) is 0 Å². The van der Waals surface area contributed by atoms with Gasteiger partial charge < -0.3 is 10.4 Å². The normalized spacial score (nSPS) is 19.0. The van der Waals surface area contributed by atoms with E-state index in [1.807, 2.05) is 6.07 Å². The first-order chi connectivity index (χ1) is 8.53. The lowest BCUT2D eigenvalue weighted by Gasteiger charge is -2.26. The third kappa shape index (κ3) is 2.90. The molecule has 0 aromatic heterocycles. The number of rotatable bonds is 5. The summed E-state index contributed by atoms with van der Waals surface area (Å²) in [6.45, 7) is 5.33. The Bertz CT molecular complexity index is 417. The van der Waals surface area contributed by atoms with Gasteiger partial charge >= 0.3 is 0 Å². The second-order valence-corrected chi connectivity index (χ2v) is 5.92. The Hall–Kier alpha value is -0.930. The Morgan fingerprint density at radius 2 is 2.22 bits per heavy atom. The fraction of sp³-hybridized carbons (Fsp3) is 0.600. The van der Waals surface area contributed by atoms with E-state index in [0.29, 0.717) is 0 Å². The quantitative estimate of drug-likeness (QED) is 0.843. The van der Waals surface area contributed by atoms with Crippen molar-refractivity contribution in [2.75, 3.05) is 13.2 Å². The molecule has 0 saturated carbocycles. The summed E-state index contributed by atoms with van der Waals surface area (Å²) in [5.74, 6) is -0.0774. The maximum Gasteiger partial charge on any atom is 0.126 e. The zero-order valence-electron chi connectivity index (χ0n) is 11.2. The van der Waals surface area contributed by atoms with E-state index in [1.165, 1.54) is 6.07 Å². The minimum absolute atomic E-state index is 0.0742. The van der Waals surface area contributed by atoms with Crippen molar-refractivity contribution >= 4 is 0 Å². The molecule has 2 rings (SSSR count). The van der Waals surface area contributed by atoms with Crippen molar-refractivity contribution in [1.82, 2.24) is 5.32 Å². The van der Waals surface area contributed by atoms with Crippen molar-refractivity contribution < 1.29 is 9.50 Å². The smallest absolute Gasteiger partial charge is 0.126 e. The van der Waals surface area contributed by atoms with Crippen LogP contribution in [0.1, 0.15) is 43.9 Å². The van der Waals surface area contributed by atoms with Crippen LogP contribution in [0.5, 0.6) is 0 Å². The predicted molar refractivity (Wildman–Crippen MR) is 70.9 cm³/mol. The van der Waals surface area contributed by atoms with Crippen LogP contribution in [0, 0.1) is 11.2 Å². The number of fused-ring (bicyclic) bond motifs is 1. The van der Waals surface area contributed by atoms with Crippen molar-refractivity contribution in [2.24, 2.45) is 5.41 Å². The van der Waals surface area contributed by atoms with Gasteiger partial charge in [-0.15, -0.1) is 0 Å². The van der Waals surface area contributed by atoms with Gasteiger partial charge in [-0.1, -0.05) is 26.0 Å². The number of aliphatic hydroxyl groups excluding tert-OH is 1. The molecule has 0 radical (unpaired) electrons. The first kappa shape index (κ1) is 13.5. The van der Waals surface area contributed by atoms with Crippen molar-refractivity contribution in [3.8, 4) is 0 Å². The minimum Gasteiger partial charge on any atom is -0.396 e. The number of hydrogen-bond acceptors (Lipinski definition) is 2. The molecule has 0 fully saturated rings. The molecule has 0 bridgehead atoms. The van der Waals surface area contributed by atoms with Gasteiger partial charge in [-0.3, -0.25) is 0 Å². The molecule has 0 saturated heterocycles. The average Bonchev–Trinajstić information content (AvgIpc) is 2.71. The van der Waals surface area contributed by atoms with E-state index in [-0.39, 0.29) is 23.9 Å². The molecule has 1 aliphatic carbocycles. The zero-order valence-corrected chi connectivity index (χ0v) is 11.2. The molecule has 100 valence electrons. The summed E-state index contributed by atoms with van der Waals surface area (Å²) in [4.78, 5) is 0. The Labute approximate surface area is 108 Å². The second kappa shape index (κ2) is 5.37. The van der Waals surface area contributed by atoms with E-state index in [0.717, 1.165) is 36.9 Å². The van der Waals surface area contributed by atoms with Crippen LogP contribution in [-0.2, 0) is 6.42 Å². The highest BCUT2D eigenvalue weighted by Crippen LogP contribution is 2.33. The van der Waals surface area contributed by atoms with Gasteiger partial charge in [0.15, 0.2) is 0 Å². The molecular formula is C15H22FNO. The molecule has 0 spiro atoms. The SMILES string of the molecule is CC(C)(CCO)CNC1CCc2c(F)cccc21. The van der Waals surface area contributed by atoms with E-state index in [2.05, 4.69) is 19.2 Å². The van der Waals surface area contributed by atoms with Crippen LogP contribution in [0.15, 0.2) is 18.2 Å². The van der Waals surface area contributed by atoms with Crippen molar-refractivity contribution in [2.45, 2.75) is 39.2 Å². The van der Waals surface area contributed by atoms with E-state index < -0.39 is 0 Å². The first-order valence-electron chi connectivity index (χ1n) is 6.65. The van der Waals surface area contributed by atoms with Gasteiger partial charge in [0.1, 0.15) is 5.82 Å². The second-order valence-electron chi connectivity index (χ2n) is 5.92. The standard InChI is InChI=1S/C15H22FNO/c1-15(2,8-9-18)10-17-14-7-6-11-12(14)4-3-5-13(11)16/h3-5,14,17-18H,6-10H2,1-2H3. The van der Waals surface area contributed by atoms with Gasteiger partial charge in [-0.25, -0.2) is 4.39 Å². The Morgan fingerprint density at radius 1 is 1.44 bits per heavy atom. The molecule has 2 N–H and O–H groups in total. The molecule has 0 heterocycles. The van der Waals surface area contributed by atoms with Crippen LogP contribution in [0.3, 0.4) is 0 Å². The van der Waals surface area contributed by atoms with Crippen LogP contribution in [0.2, 0.25) is 0 Å². The first-order valence-corrected chi connectivity index (χ1v) is 6.65. The highest BCUT2D eigenvalue weighted by Gasteiger charge is 2.26. The van der Waals surface area contributed by atoms with Gasteiger partial charge in [-0.05, 0) is 41.9 Å².